The third-order valence-electron chi connectivity index (χ3n) is 5.72. The van der Waals surface area contributed by atoms with Crippen molar-refractivity contribution in [3.63, 3.8) is 0 Å². The summed E-state index contributed by atoms with van der Waals surface area (Å²) >= 11 is 9.88. The first kappa shape index (κ1) is 21.7. The predicted octanol–water partition coefficient (Wildman–Crippen LogP) is 4.99. The van der Waals surface area contributed by atoms with Gasteiger partial charge in [-0.25, -0.2) is 9.67 Å². The van der Waals surface area contributed by atoms with E-state index in [0.29, 0.717) is 35.0 Å². The molecule has 0 bridgehead atoms. The number of rotatable bonds is 4. The number of carbonyl (C=O) groups excluding carboxylic acids is 1. The Balaban J connectivity index is 1.43. The van der Waals surface area contributed by atoms with E-state index in [9.17, 15) is 4.79 Å². The van der Waals surface area contributed by atoms with Crippen LogP contribution in [0.15, 0.2) is 53.5 Å². The minimum absolute atomic E-state index is 0.156. The molecule has 2 aromatic heterocycles. The van der Waals surface area contributed by atoms with Gasteiger partial charge >= 0.3 is 0 Å². The molecular formula is C23H20BrClN6O2. The Hall–Kier alpha value is -3.17. The van der Waals surface area contributed by atoms with Crippen LogP contribution in [0, 0.1) is 6.92 Å². The van der Waals surface area contributed by atoms with E-state index in [2.05, 4.69) is 36.5 Å². The Bertz CT molecular complexity index is 1360. The van der Waals surface area contributed by atoms with Gasteiger partial charge in [-0.15, -0.1) is 5.10 Å². The van der Waals surface area contributed by atoms with Gasteiger partial charge in [0.05, 0.1) is 36.7 Å². The Morgan fingerprint density at radius 2 is 2.09 bits per heavy atom. The summed E-state index contributed by atoms with van der Waals surface area (Å²) in [6, 6.07) is 8.95. The third-order valence-corrected chi connectivity index (χ3v) is 6.73. The number of fused-ring (bicyclic) bond motifs is 1. The molecule has 1 amide bonds. The number of aryl methyl sites for hydroxylation is 1. The number of ether oxygens (including phenoxy) is 1. The monoisotopic (exact) mass is 526 g/mol. The second kappa shape index (κ2) is 8.64. The molecule has 10 heteroatoms. The van der Waals surface area contributed by atoms with Crippen LogP contribution in [-0.2, 0) is 11.2 Å². The minimum Gasteiger partial charge on any atom is -0.495 e. The van der Waals surface area contributed by atoms with Gasteiger partial charge in [-0.05, 0) is 65.5 Å². The largest absolute Gasteiger partial charge is 0.495 e. The van der Waals surface area contributed by atoms with Crippen LogP contribution in [0.2, 0.25) is 5.02 Å². The van der Waals surface area contributed by atoms with Gasteiger partial charge in [-0.2, -0.15) is 0 Å². The number of imidazole rings is 1. The van der Waals surface area contributed by atoms with Crippen LogP contribution in [0.3, 0.4) is 0 Å². The highest BCUT2D eigenvalue weighted by Gasteiger charge is 2.28. The molecule has 4 aromatic rings. The van der Waals surface area contributed by atoms with E-state index in [1.165, 1.54) is 0 Å². The lowest BCUT2D eigenvalue weighted by molar-refractivity contribution is -0.119. The number of nitrogens with one attached hydrogen (secondary N) is 1. The van der Waals surface area contributed by atoms with Gasteiger partial charge in [0.25, 0.3) is 0 Å². The molecule has 1 aliphatic heterocycles. The van der Waals surface area contributed by atoms with Gasteiger partial charge in [-0.3, -0.25) is 4.79 Å². The Morgan fingerprint density at radius 3 is 2.85 bits per heavy atom. The van der Waals surface area contributed by atoms with E-state index < -0.39 is 6.04 Å². The van der Waals surface area contributed by atoms with Gasteiger partial charge in [0.1, 0.15) is 17.5 Å². The number of hydrogen-bond acceptors (Lipinski definition) is 5. The Morgan fingerprint density at radius 1 is 1.24 bits per heavy atom. The van der Waals surface area contributed by atoms with E-state index in [4.69, 9.17) is 16.3 Å². The van der Waals surface area contributed by atoms with Crippen LogP contribution >= 0.6 is 27.5 Å². The fraction of sp³-hybridized carbons (Fsp3) is 0.217. The summed E-state index contributed by atoms with van der Waals surface area (Å²) in [6.45, 7) is 1.93. The number of carbonyl (C=O) groups is 1. The molecule has 1 N–H and O–H groups in total. The summed E-state index contributed by atoms with van der Waals surface area (Å²) < 4.78 is 9.92. The molecule has 3 heterocycles. The number of nitrogens with zero attached hydrogens (tertiary/aromatic N) is 5. The van der Waals surface area contributed by atoms with Gasteiger partial charge in [0, 0.05) is 21.3 Å². The van der Waals surface area contributed by atoms with Gasteiger partial charge < -0.3 is 14.6 Å². The molecule has 0 saturated heterocycles. The fourth-order valence-electron chi connectivity index (χ4n) is 4.01. The van der Waals surface area contributed by atoms with Crippen LogP contribution in [0.25, 0.3) is 16.9 Å². The predicted molar refractivity (Wildman–Crippen MR) is 129 cm³/mol. The molecule has 0 saturated carbocycles. The van der Waals surface area contributed by atoms with Crippen LogP contribution in [-0.4, -0.2) is 37.6 Å². The quantitative estimate of drug-likeness (QED) is 0.404. The third kappa shape index (κ3) is 4.02. The van der Waals surface area contributed by atoms with Crippen LogP contribution in [0.4, 0.5) is 5.69 Å². The lowest BCUT2D eigenvalue weighted by Crippen LogP contribution is -2.25. The number of benzene rings is 2. The molecule has 168 valence electrons. The number of anilines is 1. The van der Waals surface area contributed by atoms with E-state index in [-0.39, 0.29) is 5.91 Å². The minimum atomic E-state index is -0.503. The van der Waals surface area contributed by atoms with Crippen LogP contribution in [0.5, 0.6) is 5.75 Å². The summed E-state index contributed by atoms with van der Waals surface area (Å²) in [5.41, 5.74) is 4.90. The van der Waals surface area contributed by atoms with Crippen molar-refractivity contribution >= 4 is 39.1 Å². The first-order valence-electron chi connectivity index (χ1n) is 10.3. The summed E-state index contributed by atoms with van der Waals surface area (Å²) in [4.78, 5) is 17.3. The first-order chi connectivity index (χ1) is 15.9. The molecule has 0 spiro atoms. The van der Waals surface area contributed by atoms with Crippen molar-refractivity contribution in [2.45, 2.75) is 25.8 Å². The second-order valence-electron chi connectivity index (χ2n) is 7.82. The Labute approximate surface area is 203 Å². The standard InChI is InChI=1S/C23H20BrClN6O2/c1-13-10-30(12-26-13)19-7-3-14(9-21(19)33-2)18-11-31(29-28-18)20-8-4-15-17(25)6-5-16(24)22(15)27-23(20)32/h3,5-7,9-12,20H,4,8H2,1-2H3,(H,27,32). The van der Waals surface area contributed by atoms with Crippen molar-refractivity contribution in [2.24, 2.45) is 0 Å². The van der Waals surface area contributed by atoms with Gasteiger partial charge in [0.2, 0.25) is 5.91 Å². The van der Waals surface area contributed by atoms with Gasteiger partial charge in [0.15, 0.2) is 0 Å². The van der Waals surface area contributed by atoms with Crippen LogP contribution in [0.1, 0.15) is 23.7 Å². The number of hydrogen-bond donors (Lipinski definition) is 1. The lowest BCUT2D eigenvalue weighted by atomic mass is 10.1. The molecule has 0 fully saturated rings. The molecule has 0 radical (unpaired) electrons. The molecule has 1 aliphatic rings. The second-order valence-corrected chi connectivity index (χ2v) is 9.08. The van der Waals surface area contributed by atoms with E-state index in [0.717, 1.165) is 27.0 Å². The maximum atomic E-state index is 13.0. The number of halogens is 2. The molecule has 8 nitrogen and oxygen atoms in total. The first-order valence-corrected chi connectivity index (χ1v) is 11.5. The van der Waals surface area contributed by atoms with Gasteiger partial charge in [-0.1, -0.05) is 22.9 Å². The van der Waals surface area contributed by atoms with Crippen molar-refractivity contribution in [1.29, 1.82) is 0 Å². The van der Waals surface area contributed by atoms with Crippen LogP contribution < -0.4 is 10.1 Å². The molecule has 2 aromatic carbocycles. The summed E-state index contributed by atoms with van der Waals surface area (Å²) in [5, 5.41) is 12.2. The fourth-order valence-corrected chi connectivity index (χ4v) is 4.73. The highest BCUT2D eigenvalue weighted by Crippen LogP contribution is 2.37. The number of aromatic nitrogens is 5. The highest BCUT2D eigenvalue weighted by atomic mass is 79.9. The topological polar surface area (TPSA) is 86.9 Å². The van der Waals surface area contributed by atoms with Crippen molar-refractivity contribution in [1.82, 2.24) is 24.5 Å². The summed E-state index contributed by atoms with van der Waals surface area (Å²) in [6.07, 6.45) is 6.66. The molecule has 1 unspecified atom stereocenters. The van der Waals surface area contributed by atoms with Crippen molar-refractivity contribution < 1.29 is 9.53 Å². The van der Waals surface area contributed by atoms with Crippen molar-refractivity contribution in [3.8, 4) is 22.7 Å². The summed E-state index contributed by atoms with van der Waals surface area (Å²) in [7, 11) is 1.63. The maximum Gasteiger partial charge on any atom is 0.249 e. The number of amides is 1. The lowest BCUT2D eigenvalue weighted by Gasteiger charge is -2.13. The van der Waals surface area contributed by atoms with Crippen molar-refractivity contribution in [3.05, 3.63) is 69.8 Å². The van der Waals surface area contributed by atoms with Crippen molar-refractivity contribution in [2.75, 3.05) is 12.4 Å². The zero-order chi connectivity index (χ0) is 23.1. The molecule has 5 rings (SSSR count). The zero-order valence-corrected chi connectivity index (χ0v) is 20.3. The average Bonchev–Trinajstić information content (AvgIpc) is 3.43. The SMILES string of the molecule is COc1cc(-c2cn(C3CCc4c(Cl)ccc(Br)c4NC3=O)nn2)ccc1-n1cnc(C)c1. The number of methoxy groups -OCH3 is 1. The van der Waals surface area contributed by atoms with E-state index in [1.807, 2.05) is 48.0 Å². The molecule has 33 heavy (non-hydrogen) atoms. The zero-order valence-electron chi connectivity index (χ0n) is 17.9. The van der Waals surface area contributed by atoms with E-state index >= 15 is 0 Å². The Kier molecular flexibility index (Phi) is 5.67. The summed E-state index contributed by atoms with van der Waals surface area (Å²) in [5.74, 6) is 0.526. The smallest absolute Gasteiger partial charge is 0.249 e. The molecule has 1 atom stereocenters. The normalized spacial score (nSPS) is 15.6. The molecular weight excluding hydrogens is 508 g/mol. The molecule has 0 aliphatic carbocycles. The average molecular weight is 528 g/mol. The van der Waals surface area contributed by atoms with E-state index in [1.54, 1.807) is 24.3 Å². The highest BCUT2D eigenvalue weighted by molar-refractivity contribution is 9.10. The maximum absolute atomic E-state index is 13.0.